The normalized spacial score (nSPS) is 11.9. The average Bonchev–Trinajstić information content (AvgIpc) is 2.35. The maximum atomic E-state index is 11.1. The molecule has 4 heteroatoms. The van der Waals surface area contributed by atoms with Crippen molar-refractivity contribution in [1.29, 1.82) is 0 Å². The Labute approximate surface area is 113 Å². The van der Waals surface area contributed by atoms with Crippen molar-refractivity contribution in [2.75, 3.05) is 5.88 Å². The van der Waals surface area contributed by atoms with Crippen LogP contribution in [0.2, 0.25) is 0 Å². The maximum Gasteiger partial charge on any atom is 0.273 e. The molecule has 0 fully saturated rings. The first kappa shape index (κ1) is 14.7. The van der Waals surface area contributed by atoms with Crippen LogP contribution in [-0.2, 0) is 0 Å². The highest BCUT2D eigenvalue weighted by Crippen LogP contribution is 2.28. The van der Waals surface area contributed by atoms with Gasteiger partial charge in [-0.3, -0.25) is 10.1 Å². The summed E-state index contributed by atoms with van der Waals surface area (Å²) < 4.78 is 0. The molecular formula is C14H18ClNO2. The fourth-order valence-corrected chi connectivity index (χ4v) is 2.03. The summed E-state index contributed by atoms with van der Waals surface area (Å²) in [6, 6.07) is 5.36. The lowest BCUT2D eigenvalue weighted by atomic mass is 9.98. The molecule has 0 atom stereocenters. The van der Waals surface area contributed by atoms with E-state index < -0.39 is 0 Å². The zero-order valence-electron chi connectivity index (χ0n) is 10.9. The van der Waals surface area contributed by atoms with Crippen molar-refractivity contribution in [1.82, 2.24) is 0 Å². The van der Waals surface area contributed by atoms with Crippen molar-refractivity contribution in [3.8, 4) is 0 Å². The highest BCUT2D eigenvalue weighted by Gasteiger charge is 2.16. The Balaban J connectivity index is 3.23. The summed E-state index contributed by atoms with van der Waals surface area (Å²) >= 11 is 5.80. The highest BCUT2D eigenvalue weighted by molar-refractivity contribution is 6.19. The van der Waals surface area contributed by atoms with E-state index in [1.165, 1.54) is 0 Å². The van der Waals surface area contributed by atoms with E-state index in [1.807, 2.05) is 39.0 Å². The van der Waals surface area contributed by atoms with Crippen molar-refractivity contribution in [3.63, 3.8) is 0 Å². The summed E-state index contributed by atoms with van der Waals surface area (Å²) in [6.07, 6.45) is 2.77. The van der Waals surface area contributed by atoms with Crippen molar-refractivity contribution in [2.24, 2.45) is 0 Å². The number of hydrogen-bond acceptors (Lipinski definition) is 2. The van der Waals surface area contributed by atoms with Gasteiger partial charge in [0.25, 0.3) is 5.69 Å². The summed E-state index contributed by atoms with van der Waals surface area (Å²) in [5, 5.41) is 11.1. The van der Waals surface area contributed by atoms with Crippen LogP contribution in [0, 0.1) is 10.1 Å². The Kier molecular flexibility index (Phi) is 5.35. The molecule has 0 heterocycles. The number of benzene rings is 1. The molecule has 1 aromatic rings. The van der Waals surface area contributed by atoms with Crippen LogP contribution in [0.5, 0.6) is 0 Å². The predicted molar refractivity (Wildman–Crippen MR) is 76.2 cm³/mol. The van der Waals surface area contributed by atoms with Gasteiger partial charge in [0.15, 0.2) is 0 Å². The molecule has 0 aliphatic carbocycles. The zero-order chi connectivity index (χ0) is 13.7. The third kappa shape index (κ3) is 3.57. The van der Waals surface area contributed by atoms with E-state index in [4.69, 9.17) is 11.6 Å². The SMILES string of the molecule is CCC(=Cc1ccc(C(C)C)c([N+](=O)[O-])c1)CCl. The van der Waals surface area contributed by atoms with Gasteiger partial charge in [-0.2, -0.15) is 0 Å². The molecule has 0 saturated carbocycles. The van der Waals surface area contributed by atoms with Crippen LogP contribution in [0.3, 0.4) is 0 Å². The van der Waals surface area contributed by atoms with E-state index in [2.05, 4.69) is 0 Å². The van der Waals surface area contributed by atoms with Crippen molar-refractivity contribution in [3.05, 3.63) is 45.0 Å². The third-order valence-corrected chi connectivity index (χ3v) is 3.21. The topological polar surface area (TPSA) is 43.1 Å². The lowest BCUT2D eigenvalue weighted by Gasteiger charge is -2.07. The third-order valence-electron chi connectivity index (χ3n) is 2.87. The summed E-state index contributed by atoms with van der Waals surface area (Å²) in [5.41, 5.74) is 2.86. The van der Waals surface area contributed by atoms with Gasteiger partial charge < -0.3 is 0 Å². The monoisotopic (exact) mass is 267 g/mol. The van der Waals surface area contributed by atoms with Crippen LogP contribution < -0.4 is 0 Å². The molecular weight excluding hydrogens is 250 g/mol. The molecule has 3 nitrogen and oxygen atoms in total. The van der Waals surface area contributed by atoms with Crippen LogP contribution >= 0.6 is 11.6 Å². The lowest BCUT2D eigenvalue weighted by molar-refractivity contribution is -0.385. The van der Waals surface area contributed by atoms with E-state index in [9.17, 15) is 10.1 Å². The molecule has 0 aromatic heterocycles. The number of nitro groups is 1. The number of alkyl halides is 1. The van der Waals surface area contributed by atoms with Gasteiger partial charge >= 0.3 is 0 Å². The Morgan fingerprint density at radius 1 is 1.50 bits per heavy atom. The highest BCUT2D eigenvalue weighted by atomic mass is 35.5. The number of hydrogen-bond donors (Lipinski definition) is 0. The number of halogens is 1. The largest absolute Gasteiger partial charge is 0.273 e. The predicted octanol–water partition coefficient (Wildman–Crippen LogP) is 4.75. The van der Waals surface area contributed by atoms with E-state index >= 15 is 0 Å². The van der Waals surface area contributed by atoms with Crippen LogP contribution in [-0.4, -0.2) is 10.8 Å². The molecule has 0 aliphatic heterocycles. The van der Waals surface area contributed by atoms with Gasteiger partial charge in [-0.25, -0.2) is 0 Å². The first-order valence-electron chi connectivity index (χ1n) is 6.03. The fraction of sp³-hybridized carbons (Fsp3) is 0.429. The summed E-state index contributed by atoms with van der Waals surface area (Å²) in [4.78, 5) is 10.7. The van der Waals surface area contributed by atoms with E-state index in [1.54, 1.807) is 6.07 Å². The molecule has 0 spiro atoms. The average molecular weight is 268 g/mol. The second kappa shape index (κ2) is 6.55. The van der Waals surface area contributed by atoms with E-state index in [-0.39, 0.29) is 16.5 Å². The minimum Gasteiger partial charge on any atom is -0.258 e. The molecule has 0 unspecified atom stereocenters. The lowest BCUT2D eigenvalue weighted by Crippen LogP contribution is -1.98. The van der Waals surface area contributed by atoms with Crippen molar-refractivity contribution >= 4 is 23.4 Å². The van der Waals surface area contributed by atoms with Crippen LogP contribution in [0.15, 0.2) is 23.8 Å². The second-order valence-corrected chi connectivity index (χ2v) is 4.79. The molecule has 1 rings (SSSR count). The summed E-state index contributed by atoms with van der Waals surface area (Å²) in [5.74, 6) is 0.595. The maximum absolute atomic E-state index is 11.1. The van der Waals surface area contributed by atoms with Gasteiger partial charge in [-0.1, -0.05) is 44.6 Å². The molecule has 98 valence electrons. The number of nitrogens with zero attached hydrogens (tertiary/aromatic N) is 1. The summed E-state index contributed by atoms with van der Waals surface area (Å²) in [7, 11) is 0. The molecule has 18 heavy (non-hydrogen) atoms. The van der Waals surface area contributed by atoms with E-state index in [0.29, 0.717) is 5.88 Å². The van der Waals surface area contributed by atoms with Gasteiger partial charge in [0, 0.05) is 17.5 Å². The van der Waals surface area contributed by atoms with E-state index in [0.717, 1.165) is 23.1 Å². The molecule has 0 saturated heterocycles. The minimum absolute atomic E-state index is 0.141. The van der Waals surface area contributed by atoms with Gasteiger partial charge in [0.1, 0.15) is 0 Å². The van der Waals surface area contributed by atoms with Gasteiger partial charge in [-0.05, 0) is 17.9 Å². The van der Waals surface area contributed by atoms with Crippen molar-refractivity contribution in [2.45, 2.75) is 33.1 Å². The molecule has 0 bridgehead atoms. The molecule has 0 aliphatic rings. The Bertz CT molecular complexity index is 461. The first-order valence-corrected chi connectivity index (χ1v) is 6.56. The van der Waals surface area contributed by atoms with Crippen LogP contribution in [0.4, 0.5) is 5.69 Å². The van der Waals surface area contributed by atoms with Crippen LogP contribution in [0.25, 0.3) is 6.08 Å². The Hall–Kier alpha value is -1.35. The van der Waals surface area contributed by atoms with Gasteiger partial charge in [0.2, 0.25) is 0 Å². The minimum atomic E-state index is -0.320. The molecule has 0 N–H and O–H groups in total. The molecule has 0 amide bonds. The number of rotatable bonds is 5. The Morgan fingerprint density at radius 2 is 2.17 bits per heavy atom. The molecule has 1 aromatic carbocycles. The van der Waals surface area contributed by atoms with Gasteiger partial charge in [-0.15, -0.1) is 11.6 Å². The smallest absolute Gasteiger partial charge is 0.258 e. The Morgan fingerprint density at radius 3 is 2.61 bits per heavy atom. The standard InChI is InChI=1S/C14H18ClNO2/c1-4-11(9-15)7-12-5-6-13(10(2)3)14(8-12)16(17)18/h5-8,10H,4,9H2,1-3H3. The number of nitro benzene ring substituents is 1. The van der Waals surface area contributed by atoms with Crippen LogP contribution in [0.1, 0.15) is 44.2 Å². The second-order valence-electron chi connectivity index (χ2n) is 4.52. The quantitative estimate of drug-likeness (QED) is 0.439. The van der Waals surface area contributed by atoms with Crippen molar-refractivity contribution < 1.29 is 4.92 Å². The number of allylic oxidation sites excluding steroid dienone is 1. The first-order chi connectivity index (χ1) is 8.49. The molecule has 0 radical (unpaired) electrons. The summed E-state index contributed by atoms with van der Waals surface area (Å²) in [6.45, 7) is 5.92. The zero-order valence-corrected chi connectivity index (χ0v) is 11.7. The van der Waals surface area contributed by atoms with Gasteiger partial charge in [0.05, 0.1) is 4.92 Å². The fourth-order valence-electron chi connectivity index (χ4n) is 1.77.